The van der Waals surface area contributed by atoms with Crippen molar-refractivity contribution in [3.63, 3.8) is 0 Å². The fourth-order valence-electron chi connectivity index (χ4n) is 4.07. The molecule has 0 atom stereocenters. The van der Waals surface area contributed by atoms with Crippen molar-refractivity contribution in [2.24, 2.45) is 0 Å². The van der Waals surface area contributed by atoms with Crippen molar-refractivity contribution in [2.75, 3.05) is 11.3 Å². The summed E-state index contributed by atoms with van der Waals surface area (Å²) >= 11 is 0.585. The molecular formula is C22H17F4N5O2S2. The van der Waals surface area contributed by atoms with Gasteiger partial charge < -0.3 is 4.57 Å². The Bertz CT molecular complexity index is 1480. The summed E-state index contributed by atoms with van der Waals surface area (Å²) in [6.07, 6.45) is 1.23. The molecule has 0 saturated carbocycles. The van der Waals surface area contributed by atoms with E-state index in [0.29, 0.717) is 34.6 Å². The predicted molar refractivity (Wildman–Crippen MR) is 123 cm³/mol. The van der Waals surface area contributed by atoms with E-state index in [9.17, 15) is 26.0 Å². The lowest BCUT2D eigenvalue weighted by Gasteiger charge is -2.29. The lowest BCUT2D eigenvalue weighted by Crippen LogP contribution is -2.39. The summed E-state index contributed by atoms with van der Waals surface area (Å²) in [6.45, 7) is 0.182. The lowest BCUT2D eigenvalue weighted by atomic mass is 9.90. The Morgan fingerprint density at radius 2 is 1.94 bits per heavy atom. The summed E-state index contributed by atoms with van der Waals surface area (Å²) in [4.78, 5) is 7.65. The maximum atomic E-state index is 13.4. The van der Waals surface area contributed by atoms with Crippen LogP contribution in [-0.2, 0) is 29.4 Å². The number of benzene rings is 2. The van der Waals surface area contributed by atoms with Gasteiger partial charge in [0, 0.05) is 31.0 Å². The van der Waals surface area contributed by atoms with Gasteiger partial charge in [0.1, 0.15) is 0 Å². The van der Waals surface area contributed by atoms with Gasteiger partial charge in [-0.1, -0.05) is 35.6 Å². The number of rotatable bonds is 5. The Morgan fingerprint density at radius 3 is 2.63 bits per heavy atom. The number of halogens is 4. The van der Waals surface area contributed by atoms with Crippen LogP contribution >= 0.6 is 11.3 Å². The van der Waals surface area contributed by atoms with Crippen molar-refractivity contribution in [1.29, 1.82) is 0 Å². The number of anilines is 1. The Hall–Kier alpha value is -3.29. The lowest BCUT2D eigenvalue weighted by molar-refractivity contribution is -0.137. The molecule has 0 radical (unpaired) electrons. The van der Waals surface area contributed by atoms with E-state index in [4.69, 9.17) is 0 Å². The highest BCUT2D eigenvalue weighted by atomic mass is 32.2. The van der Waals surface area contributed by atoms with Gasteiger partial charge in [0.05, 0.1) is 23.8 Å². The normalized spacial score (nSPS) is 14.6. The molecule has 0 saturated heterocycles. The highest BCUT2D eigenvalue weighted by Crippen LogP contribution is 2.38. The zero-order valence-electron chi connectivity index (χ0n) is 17.8. The number of fused-ring (bicyclic) bond motifs is 1. The number of aromatic nitrogens is 3. The number of hydrogen-bond acceptors (Lipinski definition) is 5. The Balaban J connectivity index is 1.51. The third-order valence-corrected chi connectivity index (χ3v) is 7.94. The number of imidazole rings is 1. The Morgan fingerprint density at radius 1 is 1.11 bits per heavy atom. The van der Waals surface area contributed by atoms with Gasteiger partial charge in [0.2, 0.25) is 0 Å². The van der Waals surface area contributed by atoms with E-state index in [-0.39, 0.29) is 18.2 Å². The van der Waals surface area contributed by atoms with Crippen LogP contribution in [0.5, 0.6) is 0 Å². The van der Waals surface area contributed by atoms with Crippen molar-refractivity contribution in [3.05, 3.63) is 83.1 Å². The van der Waals surface area contributed by atoms with Gasteiger partial charge in [0.15, 0.2) is 10.3 Å². The van der Waals surface area contributed by atoms with Crippen LogP contribution in [0.1, 0.15) is 16.7 Å². The molecule has 5 rings (SSSR count). The molecule has 2 aromatic heterocycles. The topological polar surface area (TPSA) is 80.1 Å². The standard InChI is InChI=1S/C22H17F4N5O2S2/c23-20-11-28-21(34-20)29-35(32,33)31-8-6-16-14(12-31)2-1-3-17(16)18-5-4-15(22(24,25)26)10-19(18)30-9-7-27-13-30/h1-5,7,9-11,13H,6,8,12H2,(H,28,29). The molecule has 182 valence electrons. The summed E-state index contributed by atoms with van der Waals surface area (Å²) in [6, 6.07) is 8.87. The van der Waals surface area contributed by atoms with Gasteiger partial charge in [-0.2, -0.15) is 30.3 Å². The van der Waals surface area contributed by atoms with Gasteiger partial charge in [0.25, 0.3) is 0 Å². The maximum Gasteiger partial charge on any atom is 0.416 e. The Kier molecular flexibility index (Phi) is 5.85. The fraction of sp³-hybridized carbons (Fsp3) is 0.182. The smallest absolute Gasteiger partial charge is 0.306 e. The fourth-order valence-corrected chi connectivity index (χ4v) is 5.99. The van der Waals surface area contributed by atoms with Crippen molar-refractivity contribution in [3.8, 4) is 16.8 Å². The molecule has 1 N–H and O–H groups in total. The van der Waals surface area contributed by atoms with Gasteiger partial charge in [-0.25, -0.2) is 14.7 Å². The number of thiazole rings is 1. The average Bonchev–Trinajstić information content (AvgIpc) is 3.49. The van der Waals surface area contributed by atoms with Gasteiger partial charge in [-0.05, 0) is 35.2 Å². The average molecular weight is 524 g/mol. The first-order valence-corrected chi connectivity index (χ1v) is 12.6. The molecule has 0 aliphatic carbocycles. The summed E-state index contributed by atoms with van der Waals surface area (Å²) in [5, 5.41) is -0.682. The van der Waals surface area contributed by atoms with Gasteiger partial charge in [-0.3, -0.25) is 0 Å². The van der Waals surface area contributed by atoms with E-state index in [0.717, 1.165) is 29.5 Å². The number of nitrogens with zero attached hydrogens (tertiary/aromatic N) is 4. The quantitative estimate of drug-likeness (QED) is 0.379. The van der Waals surface area contributed by atoms with Crippen molar-refractivity contribution >= 4 is 26.7 Å². The van der Waals surface area contributed by atoms with Crippen LogP contribution in [0.25, 0.3) is 16.8 Å². The van der Waals surface area contributed by atoms with Crippen LogP contribution in [0, 0.1) is 5.13 Å². The minimum Gasteiger partial charge on any atom is -0.306 e. The molecule has 1 aliphatic heterocycles. The first-order chi connectivity index (χ1) is 16.6. The summed E-state index contributed by atoms with van der Waals surface area (Å²) < 4.78 is 84.1. The summed E-state index contributed by atoms with van der Waals surface area (Å²) in [5.41, 5.74) is 2.39. The van der Waals surface area contributed by atoms with Crippen molar-refractivity contribution in [1.82, 2.24) is 18.8 Å². The van der Waals surface area contributed by atoms with E-state index in [1.807, 2.05) is 6.07 Å². The van der Waals surface area contributed by atoms with Crippen LogP contribution in [0.15, 0.2) is 61.3 Å². The molecule has 0 spiro atoms. The first-order valence-electron chi connectivity index (χ1n) is 10.3. The second-order valence-corrected chi connectivity index (χ2v) is 10.5. The third kappa shape index (κ3) is 4.66. The zero-order chi connectivity index (χ0) is 24.8. The number of nitrogens with one attached hydrogen (secondary N) is 1. The van der Waals surface area contributed by atoms with Gasteiger partial charge in [-0.15, -0.1) is 0 Å². The SMILES string of the molecule is O=S(=O)(Nc1ncc(F)s1)N1CCc2c(cccc2-c2ccc(C(F)(F)F)cc2-n2ccnc2)C1. The molecule has 7 nitrogen and oxygen atoms in total. The molecule has 35 heavy (non-hydrogen) atoms. The molecule has 2 aromatic carbocycles. The predicted octanol–water partition coefficient (Wildman–Crippen LogP) is 4.87. The highest BCUT2D eigenvalue weighted by Gasteiger charge is 2.32. The summed E-state index contributed by atoms with van der Waals surface area (Å²) in [7, 11) is -3.98. The molecular weight excluding hydrogens is 506 g/mol. The molecule has 0 unspecified atom stereocenters. The maximum absolute atomic E-state index is 13.4. The van der Waals surface area contributed by atoms with Gasteiger partial charge >= 0.3 is 16.4 Å². The monoisotopic (exact) mass is 523 g/mol. The van der Waals surface area contributed by atoms with Crippen LogP contribution in [0.2, 0.25) is 0 Å². The number of hydrogen-bond donors (Lipinski definition) is 1. The molecule has 0 amide bonds. The minimum atomic E-state index is -4.51. The second-order valence-electron chi connectivity index (χ2n) is 7.80. The van der Waals surface area contributed by atoms with Crippen molar-refractivity contribution in [2.45, 2.75) is 19.1 Å². The van der Waals surface area contributed by atoms with E-state index in [1.54, 1.807) is 18.3 Å². The van der Waals surface area contributed by atoms with Crippen LogP contribution in [0.4, 0.5) is 22.7 Å². The molecule has 4 aromatic rings. The van der Waals surface area contributed by atoms with E-state index < -0.39 is 27.1 Å². The van der Waals surface area contributed by atoms with E-state index in [1.165, 1.54) is 27.5 Å². The minimum absolute atomic E-state index is 0.0490. The number of alkyl halides is 3. The third-order valence-electron chi connectivity index (χ3n) is 5.66. The summed E-state index contributed by atoms with van der Waals surface area (Å²) in [5.74, 6) is 0. The molecule has 1 aliphatic rings. The van der Waals surface area contributed by atoms with Crippen LogP contribution < -0.4 is 4.72 Å². The largest absolute Gasteiger partial charge is 0.416 e. The molecule has 0 bridgehead atoms. The zero-order valence-corrected chi connectivity index (χ0v) is 19.5. The highest BCUT2D eigenvalue weighted by molar-refractivity contribution is 7.90. The van der Waals surface area contributed by atoms with E-state index in [2.05, 4.69) is 14.7 Å². The van der Waals surface area contributed by atoms with Crippen LogP contribution in [-0.4, -0.2) is 33.8 Å². The Labute approximate surface area is 201 Å². The first kappa shape index (κ1) is 23.5. The molecule has 0 fully saturated rings. The molecule has 13 heteroatoms. The molecule has 3 heterocycles. The second kappa shape index (κ2) is 8.73. The van der Waals surface area contributed by atoms with Crippen molar-refractivity contribution < 1.29 is 26.0 Å². The van der Waals surface area contributed by atoms with Crippen LogP contribution in [0.3, 0.4) is 0 Å². The van der Waals surface area contributed by atoms with E-state index >= 15 is 0 Å².